The number of hydrogen-bond acceptors (Lipinski definition) is 3. The molecule has 1 aromatic heterocycles. The SMILES string of the molecule is O=C1NN(c2ccc(Cl)c(Cl)c2)C(=O)/C1=C/c1ccc(-c2cccc(Br)c2)o1. The lowest BCUT2D eigenvalue weighted by molar-refractivity contribution is -0.117. The van der Waals surface area contributed by atoms with Gasteiger partial charge in [-0.2, -0.15) is 0 Å². The van der Waals surface area contributed by atoms with Crippen LogP contribution in [0.2, 0.25) is 10.0 Å². The minimum absolute atomic E-state index is 0.0405. The first kappa shape index (κ1) is 18.8. The third-order valence-electron chi connectivity index (χ3n) is 4.08. The number of halogens is 3. The van der Waals surface area contributed by atoms with Crippen molar-refractivity contribution in [1.29, 1.82) is 0 Å². The van der Waals surface area contributed by atoms with Crippen LogP contribution in [0.4, 0.5) is 5.69 Å². The zero-order valence-electron chi connectivity index (χ0n) is 14.1. The fourth-order valence-electron chi connectivity index (χ4n) is 2.73. The van der Waals surface area contributed by atoms with E-state index in [2.05, 4.69) is 21.4 Å². The van der Waals surface area contributed by atoms with Gasteiger partial charge in [-0.3, -0.25) is 15.0 Å². The topological polar surface area (TPSA) is 62.6 Å². The fraction of sp³-hybridized carbons (Fsp3) is 0. The molecule has 2 amide bonds. The van der Waals surface area contributed by atoms with Gasteiger partial charge in [-0.05, 0) is 48.5 Å². The quantitative estimate of drug-likeness (QED) is 0.401. The predicted molar refractivity (Wildman–Crippen MR) is 112 cm³/mol. The van der Waals surface area contributed by atoms with Crippen molar-refractivity contribution in [2.24, 2.45) is 0 Å². The second kappa shape index (κ2) is 7.47. The van der Waals surface area contributed by atoms with Crippen molar-refractivity contribution < 1.29 is 14.0 Å². The molecule has 28 heavy (non-hydrogen) atoms. The highest BCUT2D eigenvalue weighted by molar-refractivity contribution is 9.10. The zero-order valence-corrected chi connectivity index (χ0v) is 17.2. The van der Waals surface area contributed by atoms with E-state index in [1.54, 1.807) is 24.3 Å². The van der Waals surface area contributed by atoms with Gasteiger partial charge >= 0.3 is 0 Å². The van der Waals surface area contributed by atoms with E-state index in [4.69, 9.17) is 27.6 Å². The molecule has 2 aromatic carbocycles. The van der Waals surface area contributed by atoms with Crippen molar-refractivity contribution in [3.05, 3.63) is 80.4 Å². The number of benzene rings is 2. The number of nitrogens with zero attached hydrogens (tertiary/aromatic N) is 1. The summed E-state index contributed by atoms with van der Waals surface area (Å²) in [5.41, 5.74) is 3.75. The molecule has 8 heteroatoms. The van der Waals surface area contributed by atoms with Gasteiger partial charge in [0, 0.05) is 10.0 Å². The highest BCUT2D eigenvalue weighted by Gasteiger charge is 2.35. The number of rotatable bonds is 3. The van der Waals surface area contributed by atoms with E-state index in [1.165, 1.54) is 12.1 Å². The summed E-state index contributed by atoms with van der Waals surface area (Å²) in [5, 5.41) is 1.76. The summed E-state index contributed by atoms with van der Waals surface area (Å²) in [6.07, 6.45) is 1.41. The van der Waals surface area contributed by atoms with E-state index < -0.39 is 11.8 Å². The van der Waals surface area contributed by atoms with Gasteiger partial charge < -0.3 is 4.42 Å². The third kappa shape index (κ3) is 3.58. The Morgan fingerprint density at radius 2 is 1.82 bits per heavy atom. The van der Waals surface area contributed by atoms with Crippen molar-refractivity contribution in [1.82, 2.24) is 5.43 Å². The number of carbonyl (C=O) groups is 2. The second-order valence-corrected chi connectivity index (χ2v) is 7.68. The molecule has 2 heterocycles. The second-order valence-electron chi connectivity index (χ2n) is 5.95. The highest BCUT2D eigenvalue weighted by Crippen LogP contribution is 2.30. The molecular formula is C20H11BrCl2N2O3. The van der Waals surface area contributed by atoms with Crippen molar-refractivity contribution in [2.45, 2.75) is 0 Å². The van der Waals surface area contributed by atoms with Crippen LogP contribution < -0.4 is 10.4 Å². The van der Waals surface area contributed by atoms with Crippen LogP contribution in [-0.2, 0) is 9.59 Å². The lowest BCUT2D eigenvalue weighted by atomic mass is 10.2. The Kier molecular flexibility index (Phi) is 5.02. The Bertz CT molecular complexity index is 1140. The smallest absolute Gasteiger partial charge is 0.282 e. The van der Waals surface area contributed by atoms with Crippen LogP contribution >= 0.6 is 39.1 Å². The van der Waals surface area contributed by atoms with Crippen molar-refractivity contribution in [3.63, 3.8) is 0 Å². The van der Waals surface area contributed by atoms with Gasteiger partial charge in [0.2, 0.25) is 0 Å². The Labute approximate surface area is 178 Å². The van der Waals surface area contributed by atoms with Gasteiger partial charge in [0.25, 0.3) is 11.8 Å². The van der Waals surface area contributed by atoms with E-state index >= 15 is 0 Å². The molecule has 3 aromatic rings. The Morgan fingerprint density at radius 1 is 1.00 bits per heavy atom. The molecule has 1 saturated heterocycles. The molecule has 0 atom stereocenters. The first-order valence-electron chi connectivity index (χ1n) is 8.10. The zero-order chi connectivity index (χ0) is 19.8. The molecule has 4 rings (SSSR count). The van der Waals surface area contributed by atoms with Crippen LogP contribution in [0, 0.1) is 0 Å². The van der Waals surface area contributed by atoms with Gasteiger partial charge in [0.1, 0.15) is 17.1 Å². The maximum absolute atomic E-state index is 12.7. The maximum Gasteiger partial charge on any atom is 0.282 e. The summed E-state index contributed by atoms with van der Waals surface area (Å²) in [6, 6.07) is 15.7. The average Bonchev–Trinajstić information content (AvgIpc) is 3.24. The van der Waals surface area contributed by atoms with Crippen molar-refractivity contribution in [2.75, 3.05) is 5.01 Å². The molecule has 1 aliphatic heterocycles. The molecule has 1 fully saturated rings. The number of hydrogen-bond donors (Lipinski definition) is 1. The van der Waals surface area contributed by atoms with Gasteiger partial charge in [-0.15, -0.1) is 0 Å². The van der Waals surface area contributed by atoms with Gasteiger partial charge in [-0.1, -0.05) is 51.3 Å². The number of furan rings is 1. The average molecular weight is 478 g/mol. The first-order chi connectivity index (χ1) is 13.4. The van der Waals surface area contributed by atoms with Crippen LogP contribution in [0.25, 0.3) is 17.4 Å². The number of carbonyl (C=O) groups excluding carboxylic acids is 2. The lowest BCUT2D eigenvalue weighted by Crippen LogP contribution is -2.35. The molecule has 1 N–H and O–H groups in total. The van der Waals surface area contributed by atoms with Gasteiger partial charge in [-0.25, -0.2) is 5.01 Å². The van der Waals surface area contributed by atoms with Crippen molar-refractivity contribution >= 4 is 62.7 Å². The van der Waals surface area contributed by atoms with E-state index in [0.717, 1.165) is 15.0 Å². The van der Waals surface area contributed by atoms with Crippen molar-refractivity contribution in [3.8, 4) is 11.3 Å². The van der Waals surface area contributed by atoms with E-state index in [1.807, 2.05) is 24.3 Å². The van der Waals surface area contributed by atoms with Crippen LogP contribution in [0.3, 0.4) is 0 Å². The minimum Gasteiger partial charge on any atom is -0.457 e. The third-order valence-corrected chi connectivity index (χ3v) is 5.31. The molecule has 140 valence electrons. The van der Waals surface area contributed by atoms with Crippen LogP contribution in [0.5, 0.6) is 0 Å². The molecule has 0 saturated carbocycles. The molecule has 0 radical (unpaired) electrons. The molecule has 0 aliphatic carbocycles. The lowest BCUT2D eigenvalue weighted by Gasteiger charge is -2.15. The molecule has 0 spiro atoms. The molecule has 0 unspecified atom stereocenters. The standard InChI is InChI=1S/C20H11BrCl2N2O3/c21-12-3-1-2-11(8-12)18-7-5-14(28-18)10-15-19(26)24-25(20(15)27)13-4-6-16(22)17(23)9-13/h1-10H,(H,24,26)/b15-10+. The summed E-state index contributed by atoms with van der Waals surface area (Å²) in [7, 11) is 0. The number of anilines is 1. The van der Waals surface area contributed by atoms with E-state index in [-0.39, 0.29) is 10.6 Å². The first-order valence-corrected chi connectivity index (χ1v) is 9.65. The molecule has 0 bridgehead atoms. The highest BCUT2D eigenvalue weighted by atomic mass is 79.9. The summed E-state index contributed by atoms with van der Waals surface area (Å²) < 4.78 is 6.69. The summed E-state index contributed by atoms with van der Waals surface area (Å²) in [6.45, 7) is 0. The van der Waals surface area contributed by atoms with Crippen LogP contribution in [0.1, 0.15) is 5.76 Å². The maximum atomic E-state index is 12.7. The van der Waals surface area contributed by atoms with E-state index in [9.17, 15) is 9.59 Å². The molecule has 1 aliphatic rings. The predicted octanol–water partition coefficient (Wildman–Crippen LogP) is 5.48. The van der Waals surface area contributed by atoms with Crippen LogP contribution in [0.15, 0.2) is 69.1 Å². The van der Waals surface area contributed by atoms with E-state index in [0.29, 0.717) is 22.2 Å². The Balaban J connectivity index is 1.62. The van der Waals surface area contributed by atoms with Gasteiger partial charge in [0.05, 0.1) is 15.7 Å². The Morgan fingerprint density at radius 3 is 2.57 bits per heavy atom. The number of amides is 2. The Hall–Kier alpha value is -2.54. The number of hydrazine groups is 1. The minimum atomic E-state index is -0.531. The summed E-state index contributed by atoms with van der Waals surface area (Å²) in [5.74, 6) is -0.0231. The fourth-order valence-corrected chi connectivity index (χ4v) is 3.42. The van der Waals surface area contributed by atoms with Crippen LogP contribution in [-0.4, -0.2) is 11.8 Å². The molecular weight excluding hydrogens is 467 g/mol. The normalized spacial score (nSPS) is 15.4. The monoisotopic (exact) mass is 476 g/mol. The summed E-state index contributed by atoms with van der Waals surface area (Å²) >= 11 is 15.3. The number of nitrogens with one attached hydrogen (secondary N) is 1. The summed E-state index contributed by atoms with van der Waals surface area (Å²) in [4.78, 5) is 25.0. The largest absolute Gasteiger partial charge is 0.457 e. The van der Waals surface area contributed by atoms with Gasteiger partial charge in [0.15, 0.2) is 0 Å². The molecule has 5 nitrogen and oxygen atoms in total.